The number of hydrogen-bond donors (Lipinski definition) is 2. The molecule has 0 saturated carbocycles. The monoisotopic (exact) mass is 389 g/mol. The Morgan fingerprint density at radius 1 is 1.31 bits per heavy atom. The summed E-state index contributed by atoms with van der Waals surface area (Å²) < 4.78 is 5.68. The van der Waals surface area contributed by atoms with Gasteiger partial charge in [-0.1, -0.05) is 6.92 Å². The van der Waals surface area contributed by atoms with Crippen molar-refractivity contribution < 1.29 is 14.0 Å². The largest absolute Gasteiger partial charge is 0.458 e. The minimum Gasteiger partial charge on any atom is -0.458 e. The van der Waals surface area contributed by atoms with Crippen molar-refractivity contribution in [1.29, 1.82) is 0 Å². The molecule has 6 nitrogen and oxygen atoms in total. The van der Waals surface area contributed by atoms with Crippen LogP contribution in [0, 0.1) is 6.92 Å². The SMILES string of the molecule is CCc1sc(C(=O)Nc2nc(-c3ccc(CNC(C)=O)o3)cs2)cc1C. The first-order valence-corrected chi connectivity index (χ1v) is 9.85. The summed E-state index contributed by atoms with van der Waals surface area (Å²) in [5.41, 5.74) is 1.79. The molecule has 0 fully saturated rings. The van der Waals surface area contributed by atoms with E-state index in [9.17, 15) is 9.59 Å². The first-order chi connectivity index (χ1) is 12.5. The third-order valence-corrected chi connectivity index (χ3v) is 5.85. The van der Waals surface area contributed by atoms with E-state index in [2.05, 4.69) is 22.5 Å². The van der Waals surface area contributed by atoms with Gasteiger partial charge in [-0.05, 0) is 37.1 Å². The van der Waals surface area contributed by atoms with E-state index >= 15 is 0 Å². The fraction of sp³-hybridized carbons (Fsp3) is 0.278. The highest BCUT2D eigenvalue weighted by molar-refractivity contribution is 7.15. The number of aromatic nitrogens is 1. The van der Waals surface area contributed by atoms with Crippen LogP contribution in [-0.4, -0.2) is 16.8 Å². The first-order valence-electron chi connectivity index (χ1n) is 8.16. The van der Waals surface area contributed by atoms with Gasteiger partial charge >= 0.3 is 0 Å². The number of anilines is 1. The number of rotatable bonds is 6. The highest BCUT2D eigenvalue weighted by Gasteiger charge is 2.15. The summed E-state index contributed by atoms with van der Waals surface area (Å²) in [6, 6.07) is 5.51. The van der Waals surface area contributed by atoms with Crippen molar-refractivity contribution in [3.05, 3.63) is 44.7 Å². The second-order valence-electron chi connectivity index (χ2n) is 5.74. The summed E-state index contributed by atoms with van der Waals surface area (Å²) in [5, 5.41) is 7.87. The molecule has 0 saturated heterocycles. The maximum absolute atomic E-state index is 12.4. The lowest BCUT2D eigenvalue weighted by Gasteiger charge is -1.98. The zero-order chi connectivity index (χ0) is 18.7. The molecule has 0 aliphatic rings. The zero-order valence-electron chi connectivity index (χ0n) is 14.7. The van der Waals surface area contributed by atoms with Crippen molar-refractivity contribution in [2.45, 2.75) is 33.7 Å². The number of nitrogens with one attached hydrogen (secondary N) is 2. The van der Waals surface area contributed by atoms with E-state index in [0.29, 0.717) is 33.8 Å². The minimum atomic E-state index is -0.149. The Bertz CT molecular complexity index is 939. The van der Waals surface area contributed by atoms with Crippen LogP contribution in [0.1, 0.15) is 39.7 Å². The van der Waals surface area contributed by atoms with Gasteiger partial charge in [0, 0.05) is 17.2 Å². The number of amides is 2. The predicted molar refractivity (Wildman–Crippen MR) is 104 cm³/mol. The summed E-state index contributed by atoms with van der Waals surface area (Å²) in [6.07, 6.45) is 0.921. The van der Waals surface area contributed by atoms with Crippen molar-refractivity contribution in [2.24, 2.45) is 0 Å². The quantitative estimate of drug-likeness (QED) is 0.661. The molecular weight excluding hydrogens is 370 g/mol. The van der Waals surface area contributed by atoms with Crippen LogP contribution in [0.4, 0.5) is 5.13 Å². The van der Waals surface area contributed by atoms with Crippen LogP contribution in [-0.2, 0) is 17.8 Å². The van der Waals surface area contributed by atoms with Gasteiger partial charge in [0.25, 0.3) is 5.91 Å². The average Bonchev–Trinajstić information content (AvgIpc) is 3.31. The number of thiophene rings is 1. The molecule has 26 heavy (non-hydrogen) atoms. The molecule has 0 radical (unpaired) electrons. The normalized spacial score (nSPS) is 10.7. The maximum Gasteiger partial charge on any atom is 0.267 e. The molecule has 0 aliphatic heterocycles. The third kappa shape index (κ3) is 4.20. The number of carbonyl (C=O) groups is 2. The minimum absolute atomic E-state index is 0.114. The van der Waals surface area contributed by atoms with Crippen LogP contribution >= 0.6 is 22.7 Å². The molecule has 0 bridgehead atoms. The Morgan fingerprint density at radius 3 is 2.81 bits per heavy atom. The molecule has 3 heterocycles. The predicted octanol–water partition coefficient (Wildman–Crippen LogP) is 4.22. The Labute approximate surface area is 159 Å². The molecular formula is C18H19N3O3S2. The van der Waals surface area contributed by atoms with Gasteiger partial charge in [0.15, 0.2) is 10.9 Å². The highest BCUT2D eigenvalue weighted by atomic mass is 32.1. The summed E-state index contributed by atoms with van der Waals surface area (Å²) in [6.45, 7) is 5.89. The van der Waals surface area contributed by atoms with Crippen molar-refractivity contribution in [2.75, 3.05) is 5.32 Å². The Hall–Kier alpha value is -2.45. The summed E-state index contributed by atoms with van der Waals surface area (Å²) in [4.78, 5) is 29.7. The molecule has 8 heteroatoms. The van der Waals surface area contributed by atoms with Crippen molar-refractivity contribution >= 4 is 39.6 Å². The fourth-order valence-corrected chi connectivity index (χ4v) is 4.11. The highest BCUT2D eigenvalue weighted by Crippen LogP contribution is 2.28. The van der Waals surface area contributed by atoms with Gasteiger partial charge in [-0.2, -0.15) is 0 Å². The molecule has 0 spiro atoms. The number of thiazole rings is 1. The summed E-state index contributed by atoms with van der Waals surface area (Å²) in [5.74, 6) is 0.985. The standard InChI is InChI=1S/C18H19N3O3S2/c1-4-15-10(2)7-16(26-15)17(23)21-18-20-13(9-25-18)14-6-5-12(24-14)8-19-11(3)22/h5-7,9H,4,8H2,1-3H3,(H,19,22)(H,20,21,23). The van der Waals surface area contributed by atoms with E-state index in [0.717, 1.165) is 12.0 Å². The number of hydrogen-bond acceptors (Lipinski definition) is 6. The lowest BCUT2D eigenvalue weighted by Crippen LogP contribution is -2.18. The fourth-order valence-electron chi connectivity index (χ4n) is 2.41. The molecule has 0 unspecified atom stereocenters. The Kier molecular flexibility index (Phi) is 5.53. The molecule has 2 amide bonds. The van der Waals surface area contributed by atoms with Gasteiger partial charge in [0.2, 0.25) is 5.91 Å². The van der Waals surface area contributed by atoms with Gasteiger partial charge in [-0.15, -0.1) is 22.7 Å². The van der Waals surface area contributed by atoms with Crippen molar-refractivity contribution in [3.8, 4) is 11.5 Å². The van der Waals surface area contributed by atoms with Crippen LogP contribution in [0.25, 0.3) is 11.5 Å². The molecule has 0 aliphatic carbocycles. The lowest BCUT2D eigenvalue weighted by atomic mass is 10.2. The van der Waals surface area contributed by atoms with Gasteiger partial charge in [-0.25, -0.2) is 4.98 Å². The van der Waals surface area contributed by atoms with Crippen LogP contribution in [0.3, 0.4) is 0 Å². The number of furan rings is 1. The van der Waals surface area contributed by atoms with Gasteiger partial charge in [0.05, 0.1) is 11.4 Å². The van der Waals surface area contributed by atoms with Crippen LogP contribution < -0.4 is 10.6 Å². The first kappa shape index (κ1) is 18.3. The lowest BCUT2D eigenvalue weighted by molar-refractivity contribution is -0.119. The second kappa shape index (κ2) is 7.84. The topological polar surface area (TPSA) is 84.2 Å². The van der Waals surface area contributed by atoms with Crippen LogP contribution in [0.15, 0.2) is 28.0 Å². The molecule has 3 aromatic rings. The number of aryl methyl sites for hydroxylation is 2. The van der Waals surface area contributed by atoms with Gasteiger partial charge in [0.1, 0.15) is 11.5 Å². The molecule has 2 N–H and O–H groups in total. The van der Waals surface area contributed by atoms with E-state index in [-0.39, 0.29) is 11.8 Å². The molecule has 136 valence electrons. The maximum atomic E-state index is 12.4. The second-order valence-corrected chi connectivity index (χ2v) is 7.73. The van der Waals surface area contributed by atoms with E-state index in [1.807, 2.05) is 18.4 Å². The Morgan fingerprint density at radius 2 is 2.12 bits per heavy atom. The van der Waals surface area contributed by atoms with E-state index in [1.54, 1.807) is 12.1 Å². The van der Waals surface area contributed by atoms with Gasteiger partial charge < -0.3 is 9.73 Å². The number of nitrogens with zero attached hydrogens (tertiary/aromatic N) is 1. The zero-order valence-corrected chi connectivity index (χ0v) is 16.3. The molecule has 3 rings (SSSR count). The Balaban J connectivity index is 1.67. The summed E-state index contributed by atoms with van der Waals surface area (Å²) in [7, 11) is 0. The molecule has 0 aromatic carbocycles. The van der Waals surface area contributed by atoms with E-state index < -0.39 is 0 Å². The third-order valence-electron chi connectivity index (χ3n) is 3.72. The van der Waals surface area contributed by atoms with E-state index in [4.69, 9.17) is 4.42 Å². The van der Waals surface area contributed by atoms with Crippen molar-refractivity contribution in [3.63, 3.8) is 0 Å². The summed E-state index contributed by atoms with van der Waals surface area (Å²) >= 11 is 2.86. The van der Waals surface area contributed by atoms with Crippen LogP contribution in [0.2, 0.25) is 0 Å². The molecule has 0 atom stereocenters. The van der Waals surface area contributed by atoms with Gasteiger partial charge in [-0.3, -0.25) is 14.9 Å². The number of carbonyl (C=O) groups excluding carboxylic acids is 2. The van der Waals surface area contributed by atoms with E-state index in [1.165, 1.54) is 34.5 Å². The van der Waals surface area contributed by atoms with Crippen LogP contribution in [0.5, 0.6) is 0 Å². The molecule has 3 aromatic heterocycles. The average molecular weight is 390 g/mol. The van der Waals surface area contributed by atoms with Crippen molar-refractivity contribution in [1.82, 2.24) is 10.3 Å². The smallest absolute Gasteiger partial charge is 0.267 e.